The molecule has 1 saturated heterocycles. The van der Waals surface area contributed by atoms with Gasteiger partial charge in [-0.3, -0.25) is 4.79 Å². The number of piperidine rings is 1. The fourth-order valence-electron chi connectivity index (χ4n) is 2.51. The maximum atomic E-state index is 11.6. The van der Waals surface area contributed by atoms with Crippen molar-refractivity contribution in [2.75, 3.05) is 33.8 Å². The highest BCUT2D eigenvalue weighted by Crippen LogP contribution is 2.15. The summed E-state index contributed by atoms with van der Waals surface area (Å²) < 4.78 is 4.70. The summed E-state index contributed by atoms with van der Waals surface area (Å²) in [6.07, 6.45) is 1.05. The minimum absolute atomic E-state index is 0.228. The summed E-state index contributed by atoms with van der Waals surface area (Å²) >= 11 is 0. The van der Waals surface area contributed by atoms with Crippen molar-refractivity contribution in [3.8, 4) is 0 Å². The van der Waals surface area contributed by atoms with Crippen molar-refractivity contribution >= 4 is 11.9 Å². The van der Waals surface area contributed by atoms with Crippen LogP contribution in [0.3, 0.4) is 0 Å². The molecule has 1 fully saturated rings. The molecule has 3 unspecified atom stereocenters. The first-order valence-electron chi connectivity index (χ1n) is 6.71. The Morgan fingerprint density at radius 1 is 1.47 bits per heavy atom. The first-order chi connectivity index (χ1) is 8.93. The predicted octanol–water partition coefficient (Wildman–Crippen LogP) is -0.406. The van der Waals surface area contributed by atoms with Crippen molar-refractivity contribution in [2.24, 2.45) is 5.92 Å². The minimum Gasteiger partial charge on any atom is -0.467 e. The molecule has 1 rings (SSSR count). The number of esters is 1. The van der Waals surface area contributed by atoms with Crippen LogP contribution in [0.25, 0.3) is 0 Å². The van der Waals surface area contributed by atoms with Crippen molar-refractivity contribution in [2.45, 2.75) is 32.4 Å². The third-order valence-electron chi connectivity index (χ3n) is 3.56. The SMILES string of the molecule is COC(=O)C(CNC1CCN(C)CC1C)NC(C)=O. The lowest BCUT2D eigenvalue weighted by Gasteiger charge is -2.36. The molecule has 1 aliphatic heterocycles. The van der Waals surface area contributed by atoms with E-state index < -0.39 is 12.0 Å². The van der Waals surface area contributed by atoms with Gasteiger partial charge in [0.1, 0.15) is 6.04 Å². The molecule has 19 heavy (non-hydrogen) atoms. The largest absolute Gasteiger partial charge is 0.467 e. The second-order valence-corrected chi connectivity index (χ2v) is 5.32. The molecule has 2 N–H and O–H groups in total. The molecule has 0 aliphatic carbocycles. The quantitative estimate of drug-likeness (QED) is 0.666. The highest BCUT2D eigenvalue weighted by atomic mass is 16.5. The smallest absolute Gasteiger partial charge is 0.329 e. The van der Waals surface area contributed by atoms with Gasteiger partial charge in [0.2, 0.25) is 5.91 Å². The van der Waals surface area contributed by atoms with Gasteiger partial charge in [-0.2, -0.15) is 0 Å². The average molecular weight is 271 g/mol. The second kappa shape index (κ2) is 7.45. The number of carbonyl (C=O) groups excluding carboxylic acids is 2. The van der Waals surface area contributed by atoms with E-state index in [9.17, 15) is 9.59 Å². The molecule has 0 saturated carbocycles. The van der Waals surface area contributed by atoms with Crippen LogP contribution in [0.15, 0.2) is 0 Å². The van der Waals surface area contributed by atoms with Crippen LogP contribution in [-0.4, -0.2) is 62.7 Å². The van der Waals surface area contributed by atoms with E-state index >= 15 is 0 Å². The van der Waals surface area contributed by atoms with Crippen LogP contribution in [-0.2, 0) is 14.3 Å². The topological polar surface area (TPSA) is 70.7 Å². The van der Waals surface area contributed by atoms with Gasteiger partial charge in [-0.05, 0) is 25.9 Å². The van der Waals surface area contributed by atoms with Gasteiger partial charge in [0.25, 0.3) is 0 Å². The van der Waals surface area contributed by atoms with Crippen molar-refractivity contribution in [3.05, 3.63) is 0 Å². The third-order valence-corrected chi connectivity index (χ3v) is 3.56. The average Bonchev–Trinajstić information content (AvgIpc) is 2.34. The molecule has 0 aromatic heterocycles. The van der Waals surface area contributed by atoms with E-state index in [4.69, 9.17) is 4.74 Å². The van der Waals surface area contributed by atoms with E-state index in [1.165, 1.54) is 14.0 Å². The van der Waals surface area contributed by atoms with Gasteiger partial charge in [0.15, 0.2) is 0 Å². The molecular formula is C13H25N3O3. The van der Waals surface area contributed by atoms with E-state index in [0.29, 0.717) is 18.5 Å². The first-order valence-corrected chi connectivity index (χ1v) is 6.71. The van der Waals surface area contributed by atoms with Crippen molar-refractivity contribution in [3.63, 3.8) is 0 Å². The summed E-state index contributed by atoms with van der Waals surface area (Å²) in [6, 6.07) is -0.244. The lowest BCUT2D eigenvalue weighted by molar-refractivity contribution is -0.144. The molecule has 110 valence electrons. The zero-order valence-corrected chi connectivity index (χ0v) is 12.2. The maximum Gasteiger partial charge on any atom is 0.329 e. The van der Waals surface area contributed by atoms with Crippen LogP contribution in [0.2, 0.25) is 0 Å². The van der Waals surface area contributed by atoms with E-state index in [-0.39, 0.29) is 5.91 Å². The summed E-state index contributed by atoms with van der Waals surface area (Å²) in [4.78, 5) is 24.9. The van der Waals surface area contributed by atoms with Crippen LogP contribution in [0.4, 0.5) is 0 Å². The number of amides is 1. The van der Waals surface area contributed by atoms with Gasteiger partial charge in [0, 0.05) is 26.1 Å². The van der Waals surface area contributed by atoms with Crippen molar-refractivity contribution < 1.29 is 14.3 Å². The Labute approximate surface area is 114 Å². The van der Waals surface area contributed by atoms with Crippen LogP contribution >= 0.6 is 0 Å². The molecule has 3 atom stereocenters. The van der Waals surface area contributed by atoms with Crippen molar-refractivity contribution in [1.29, 1.82) is 0 Å². The summed E-state index contributed by atoms with van der Waals surface area (Å²) in [5.41, 5.74) is 0. The Bertz CT molecular complexity index is 322. The lowest BCUT2D eigenvalue weighted by atomic mass is 9.94. The molecule has 0 spiro atoms. The van der Waals surface area contributed by atoms with Gasteiger partial charge in [-0.15, -0.1) is 0 Å². The number of nitrogens with one attached hydrogen (secondary N) is 2. The highest BCUT2D eigenvalue weighted by Gasteiger charge is 2.26. The third kappa shape index (κ3) is 5.16. The number of rotatable bonds is 5. The molecule has 0 radical (unpaired) electrons. The van der Waals surface area contributed by atoms with Gasteiger partial charge in [0.05, 0.1) is 7.11 Å². The van der Waals surface area contributed by atoms with E-state index in [1.54, 1.807) is 0 Å². The van der Waals surface area contributed by atoms with E-state index in [1.807, 2.05) is 0 Å². The zero-order chi connectivity index (χ0) is 14.4. The zero-order valence-electron chi connectivity index (χ0n) is 12.2. The Morgan fingerprint density at radius 3 is 2.68 bits per heavy atom. The van der Waals surface area contributed by atoms with Gasteiger partial charge < -0.3 is 20.3 Å². The number of carbonyl (C=O) groups is 2. The Balaban J connectivity index is 2.46. The predicted molar refractivity (Wildman–Crippen MR) is 72.7 cm³/mol. The van der Waals surface area contributed by atoms with Crippen molar-refractivity contribution in [1.82, 2.24) is 15.5 Å². The molecule has 6 nitrogen and oxygen atoms in total. The van der Waals surface area contributed by atoms with E-state index in [2.05, 4.69) is 29.5 Å². The molecule has 6 heteroatoms. The van der Waals surface area contributed by atoms with Gasteiger partial charge >= 0.3 is 5.97 Å². The molecule has 1 amide bonds. The Hall–Kier alpha value is -1.14. The summed E-state index contributed by atoms with van der Waals surface area (Å²) in [5, 5.41) is 5.98. The monoisotopic (exact) mass is 271 g/mol. The lowest BCUT2D eigenvalue weighted by Crippen LogP contribution is -2.53. The van der Waals surface area contributed by atoms with Gasteiger partial charge in [-0.1, -0.05) is 6.92 Å². The number of hydrogen-bond donors (Lipinski definition) is 2. The van der Waals surface area contributed by atoms with Crippen LogP contribution in [0.5, 0.6) is 0 Å². The van der Waals surface area contributed by atoms with Gasteiger partial charge in [-0.25, -0.2) is 4.79 Å². The fourth-order valence-corrected chi connectivity index (χ4v) is 2.51. The number of methoxy groups -OCH3 is 1. The number of likely N-dealkylation sites (tertiary alicyclic amines) is 1. The Morgan fingerprint density at radius 2 is 2.16 bits per heavy atom. The normalized spacial score (nSPS) is 25.7. The Kier molecular flexibility index (Phi) is 6.24. The number of ether oxygens (including phenoxy) is 1. The fraction of sp³-hybridized carbons (Fsp3) is 0.846. The minimum atomic E-state index is -0.616. The molecule has 0 aromatic rings. The van der Waals surface area contributed by atoms with Crippen LogP contribution in [0, 0.1) is 5.92 Å². The second-order valence-electron chi connectivity index (χ2n) is 5.32. The van der Waals surface area contributed by atoms with Crippen LogP contribution < -0.4 is 10.6 Å². The molecule has 0 bridgehead atoms. The standard InChI is InChI=1S/C13H25N3O3/c1-9-8-16(3)6-5-11(9)14-7-12(13(18)19-4)15-10(2)17/h9,11-12,14H,5-8H2,1-4H3,(H,15,17). The van der Waals surface area contributed by atoms with E-state index in [0.717, 1.165) is 19.5 Å². The maximum absolute atomic E-state index is 11.6. The van der Waals surface area contributed by atoms with Crippen LogP contribution in [0.1, 0.15) is 20.3 Å². The molecule has 1 heterocycles. The summed E-state index contributed by atoms with van der Waals surface area (Å²) in [5.74, 6) is -0.119. The summed E-state index contributed by atoms with van der Waals surface area (Å²) in [7, 11) is 3.44. The molecular weight excluding hydrogens is 246 g/mol. The molecule has 1 aliphatic rings. The summed E-state index contributed by atoms with van der Waals surface area (Å²) in [6.45, 7) is 6.09. The first kappa shape index (κ1) is 15.9. The number of hydrogen-bond acceptors (Lipinski definition) is 5. The molecule has 0 aromatic carbocycles. The highest BCUT2D eigenvalue weighted by molar-refractivity contribution is 5.83. The number of nitrogens with zero attached hydrogens (tertiary/aromatic N) is 1.